The second-order valence-electron chi connectivity index (χ2n) is 9.38. The minimum absolute atomic E-state index is 0.112. The molecule has 4 rings (SSSR count). The number of carbonyl (C=O) groups excluding carboxylic acids is 1. The Balaban J connectivity index is 1.48. The number of amides is 1. The van der Waals surface area contributed by atoms with E-state index in [0.717, 1.165) is 45.2 Å². The molecule has 0 spiro atoms. The highest BCUT2D eigenvalue weighted by Gasteiger charge is 2.35. The summed E-state index contributed by atoms with van der Waals surface area (Å²) < 4.78 is 28.6. The van der Waals surface area contributed by atoms with E-state index in [4.69, 9.17) is 11.6 Å². The van der Waals surface area contributed by atoms with Gasteiger partial charge < -0.3 is 9.80 Å². The fraction of sp³-hybridized carbons (Fsp3) is 0.500. The van der Waals surface area contributed by atoms with Crippen molar-refractivity contribution in [2.75, 3.05) is 37.6 Å². The van der Waals surface area contributed by atoms with E-state index in [0.29, 0.717) is 18.1 Å². The Kier molecular flexibility index (Phi) is 7.85. The second kappa shape index (κ2) is 10.7. The maximum Gasteiger partial charge on any atom is 0.243 e. The molecular formula is C26H34ClN3O3S. The number of anilines is 1. The lowest BCUT2D eigenvalue weighted by atomic mass is 9.95. The molecule has 2 aliphatic rings. The number of carbonyl (C=O) groups is 1. The number of halogens is 1. The van der Waals surface area contributed by atoms with Gasteiger partial charge in [-0.3, -0.25) is 4.79 Å². The molecule has 0 atom stereocenters. The number of hydrogen-bond donors (Lipinski definition) is 0. The zero-order chi connectivity index (χ0) is 24.3. The second-order valence-corrected chi connectivity index (χ2v) is 11.7. The van der Waals surface area contributed by atoms with Crippen LogP contribution in [0.25, 0.3) is 0 Å². The average molecular weight is 504 g/mol. The summed E-state index contributed by atoms with van der Waals surface area (Å²) in [5.41, 5.74) is 3.73. The van der Waals surface area contributed by atoms with Gasteiger partial charge in [0.05, 0.1) is 11.4 Å². The number of hydrogen-bond acceptors (Lipinski definition) is 4. The molecule has 2 aromatic carbocycles. The van der Waals surface area contributed by atoms with Gasteiger partial charge in [0.25, 0.3) is 0 Å². The fourth-order valence-electron chi connectivity index (χ4n) is 5.03. The van der Waals surface area contributed by atoms with Gasteiger partial charge in [0.1, 0.15) is 0 Å². The van der Waals surface area contributed by atoms with E-state index in [-0.39, 0.29) is 23.4 Å². The van der Waals surface area contributed by atoms with E-state index in [9.17, 15) is 13.2 Å². The van der Waals surface area contributed by atoms with Gasteiger partial charge in [0, 0.05) is 42.9 Å². The molecular weight excluding hydrogens is 470 g/mol. The van der Waals surface area contributed by atoms with Crippen LogP contribution in [-0.2, 0) is 14.8 Å². The van der Waals surface area contributed by atoms with Crippen LogP contribution in [0.4, 0.5) is 5.69 Å². The highest BCUT2D eigenvalue weighted by molar-refractivity contribution is 7.89. The summed E-state index contributed by atoms with van der Waals surface area (Å²) in [6.07, 6.45) is 4.67. The molecule has 1 saturated carbocycles. The first-order valence-corrected chi connectivity index (χ1v) is 14.0. The number of benzene rings is 2. The first-order chi connectivity index (χ1) is 16.3. The normalized spacial score (nSPS) is 17.9. The van der Waals surface area contributed by atoms with Crippen molar-refractivity contribution in [3.05, 3.63) is 58.6 Å². The van der Waals surface area contributed by atoms with Gasteiger partial charge in [0.2, 0.25) is 15.9 Å². The van der Waals surface area contributed by atoms with Crippen molar-refractivity contribution in [1.82, 2.24) is 9.21 Å². The Morgan fingerprint density at radius 3 is 2.26 bits per heavy atom. The third-order valence-electron chi connectivity index (χ3n) is 7.24. The molecule has 0 unspecified atom stereocenters. The van der Waals surface area contributed by atoms with E-state index in [2.05, 4.69) is 36.9 Å². The van der Waals surface area contributed by atoms with Crippen LogP contribution in [0.1, 0.15) is 43.2 Å². The lowest BCUT2D eigenvalue weighted by molar-refractivity contribution is -0.132. The summed E-state index contributed by atoms with van der Waals surface area (Å²) in [5, 5.41) is 0.487. The third-order valence-corrected chi connectivity index (χ3v) is 9.41. The van der Waals surface area contributed by atoms with Crippen LogP contribution in [0.5, 0.6) is 0 Å². The van der Waals surface area contributed by atoms with Crippen LogP contribution in [0.15, 0.2) is 47.4 Å². The van der Waals surface area contributed by atoms with Crippen LogP contribution in [0.3, 0.4) is 0 Å². The molecule has 1 saturated heterocycles. The number of aryl methyl sites for hydroxylation is 1. The van der Waals surface area contributed by atoms with Gasteiger partial charge in [-0.15, -0.1) is 0 Å². The van der Waals surface area contributed by atoms with E-state index in [1.54, 1.807) is 12.1 Å². The quantitative estimate of drug-likeness (QED) is 0.576. The predicted molar refractivity (Wildman–Crippen MR) is 137 cm³/mol. The lowest BCUT2D eigenvalue weighted by Crippen LogP contribution is -2.53. The van der Waals surface area contributed by atoms with Crippen LogP contribution >= 0.6 is 11.6 Å². The van der Waals surface area contributed by atoms with Gasteiger partial charge in [-0.2, -0.15) is 4.31 Å². The van der Waals surface area contributed by atoms with Crippen molar-refractivity contribution in [3.8, 4) is 0 Å². The molecule has 0 radical (unpaired) electrons. The van der Waals surface area contributed by atoms with Crippen molar-refractivity contribution in [1.29, 1.82) is 0 Å². The van der Waals surface area contributed by atoms with Gasteiger partial charge in [-0.25, -0.2) is 8.42 Å². The average Bonchev–Trinajstić information content (AvgIpc) is 2.85. The summed E-state index contributed by atoms with van der Waals surface area (Å²) >= 11 is 5.98. The third kappa shape index (κ3) is 5.42. The predicted octanol–water partition coefficient (Wildman–Crippen LogP) is 4.63. The van der Waals surface area contributed by atoms with E-state index < -0.39 is 10.0 Å². The monoisotopic (exact) mass is 503 g/mol. The van der Waals surface area contributed by atoms with Crippen LogP contribution in [0.2, 0.25) is 5.02 Å². The Hall–Kier alpha value is -2.09. The van der Waals surface area contributed by atoms with Crippen molar-refractivity contribution >= 4 is 33.2 Å². The zero-order valence-electron chi connectivity index (χ0n) is 20.0. The summed E-state index contributed by atoms with van der Waals surface area (Å²) in [4.78, 5) is 17.6. The fourth-order valence-corrected chi connectivity index (χ4v) is 6.79. The maximum atomic E-state index is 13.6. The molecule has 34 heavy (non-hydrogen) atoms. The summed E-state index contributed by atoms with van der Waals surface area (Å²) in [6.45, 7) is 6.79. The lowest BCUT2D eigenvalue weighted by Gasteiger charge is -2.39. The van der Waals surface area contributed by atoms with Gasteiger partial charge in [0.15, 0.2) is 0 Å². The minimum Gasteiger partial charge on any atom is -0.368 e. The number of rotatable bonds is 6. The highest BCUT2D eigenvalue weighted by Crippen LogP contribution is 2.29. The van der Waals surface area contributed by atoms with Crippen molar-refractivity contribution in [3.63, 3.8) is 0 Å². The molecule has 6 nitrogen and oxygen atoms in total. The highest BCUT2D eigenvalue weighted by atomic mass is 35.5. The van der Waals surface area contributed by atoms with Crippen molar-refractivity contribution in [2.24, 2.45) is 0 Å². The molecule has 1 aliphatic heterocycles. The Bertz CT molecular complexity index is 1110. The van der Waals surface area contributed by atoms with Crippen LogP contribution in [-0.4, -0.2) is 62.3 Å². The molecule has 1 amide bonds. The summed E-state index contributed by atoms with van der Waals surface area (Å²) in [7, 11) is -3.80. The van der Waals surface area contributed by atoms with Gasteiger partial charge >= 0.3 is 0 Å². The topological polar surface area (TPSA) is 60.9 Å². The molecule has 2 aromatic rings. The van der Waals surface area contributed by atoms with Crippen LogP contribution in [0, 0.1) is 13.8 Å². The van der Waals surface area contributed by atoms with E-state index >= 15 is 0 Å². The number of piperazine rings is 1. The zero-order valence-corrected chi connectivity index (χ0v) is 21.6. The number of nitrogens with zero attached hydrogens (tertiary/aromatic N) is 3. The standard InChI is InChI=1S/C26H34ClN3O3S/c1-20-7-6-10-25(21(20)2)28-15-17-29(18-16-28)26(31)19-30(23-8-4-3-5-9-23)34(32,33)24-13-11-22(27)12-14-24/h6-7,10-14,23H,3-5,8-9,15-19H2,1-2H3. The smallest absolute Gasteiger partial charge is 0.243 e. The van der Waals surface area contributed by atoms with Crippen molar-refractivity contribution < 1.29 is 13.2 Å². The molecule has 8 heteroatoms. The SMILES string of the molecule is Cc1cccc(N2CCN(C(=O)CN(C3CCCCC3)S(=O)(=O)c3ccc(Cl)cc3)CC2)c1C. The molecule has 0 bridgehead atoms. The van der Waals surface area contributed by atoms with Crippen LogP contribution < -0.4 is 4.90 Å². The largest absolute Gasteiger partial charge is 0.368 e. The number of sulfonamides is 1. The first kappa shape index (κ1) is 25.0. The first-order valence-electron chi connectivity index (χ1n) is 12.1. The van der Waals surface area contributed by atoms with Gasteiger partial charge in [-0.05, 0) is 68.1 Å². The molecule has 0 aromatic heterocycles. The van der Waals surface area contributed by atoms with E-state index in [1.807, 2.05) is 4.90 Å². The summed E-state index contributed by atoms with van der Waals surface area (Å²) in [6, 6.07) is 12.4. The summed E-state index contributed by atoms with van der Waals surface area (Å²) in [5.74, 6) is -0.122. The Labute approximate surface area is 208 Å². The Morgan fingerprint density at radius 1 is 0.971 bits per heavy atom. The van der Waals surface area contributed by atoms with Crippen molar-refractivity contribution in [2.45, 2.75) is 56.9 Å². The molecule has 1 aliphatic carbocycles. The molecule has 184 valence electrons. The maximum absolute atomic E-state index is 13.6. The van der Waals surface area contributed by atoms with E-state index in [1.165, 1.54) is 33.3 Å². The van der Waals surface area contributed by atoms with Gasteiger partial charge in [-0.1, -0.05) is 43.0 Å². The molecule has 1 heterocycles. The minimum atomic E-state index is -3.80. The molecule has 0 N–H and O–H groups in total. The molecule has 2 fully saturated rings. The Morgan fingerprint density at radius 2 is 1.62 bits per heavy atom.